The van der Waals surface area contributed by atoms with Gasteiger partial charge >= 0.3 is 0 Å². The summed E-state index contributed by atoms with van der Waals surface area (Å²) in [4.78, 5) is 1.25. The zero-order chi connectivity index (χ0) is 17.9. The second-order valence-electron chi connectivity index (χ2n) is 5.07. The van der Waals surface area contributed by atoms with Crippen molar-refractivity contribution in [2.24, 2.45) is 0 Å². The van der Waals surface area contributed by atoms with E-state index in [0.717, 1.165) is 9.90 Å². The lowest BCUT2D eigenvalue weighted by molar-refractivity contribution is 0.600. The molecule has 2 aromatic carbocycles. The van der Waals surface area contributed by atoms with Gasteiger partial charge in [-0.2, -0.15) is 0 Å². The van der Waals surface area contributed by atoms with Crippen LogP contribution in [0.15, 0.2) is 58.3 Å². The number of thioether (sulfide) groups is 1. The van der Waals surface area contributed by atoms with Gasteiger partial charge in [-0.15, -0.1) is 22.0 Å². The summed E-state index contributed by atoms with van der Waals surface area (Å²) in [6.45, 7) is 1.67. The molecule has 0 aliphatic heterocycles. The maximum Gasteiger partial charge on any atom is 0.264 e. The van der Waals surface area contributed by atoms with Crippen LogP contribution in [0.2, 0.25) is 5.02 Å². The molecule has 0 fully saturated rings. The van der Waals surface area contributed by atoms with Crippen molar-refractivity contribution in [3.63, 3.8) is 0 Å². The van der Waals surface area contributed by atoms with Gasteiger partial charge in [-0.1, -0.05) is 47.2 Å². The largest absolute Gasteiger partial charge is 0.264 e. The molecule has 5 nitrogen and oxygen atoms in total. The number of rotatable bonds is 6. The first-order chi connectivity index (χ1) is 12.0. The molecule has 0 aliphatic rings. The minimum absolute atomic E-state index is 0.135. The minimum Gasteiger partial charge on any atom is -0.253 e. The minimum atomic E-state index is -3.75. The van der Waals surface area contributed by atoms with Gasteiger partial charge in [0.05, 0.1) is 10.6 Å². The van der Waals surface area contributed by atoms with Gasteiger partial charge in [0.25, 0.3) is 10.0 Å². The third-order valence-electron chi connectivity index (χ3n) is 3.30. The van der Waals surface area contributed by atoms with Crippen LogP contribution < -0.4 is 4.72 Å². The van der Waals surface area contributed by atoms with Gasteiger partial charge in [0.2, 0.25) is 5.13 Å². The zero-order valence-electron chi connectivity index (χ0n) is 13.1. The molecule has 0 spiro atoms. The molecule has 1 heterocycles. The Morgan fingerprint density at radius 3 is 2.64 bits per heavy atom. The quantitative estimate of drug-likeness (QED) is 0.600. The molecule has 0 saturated heterocycles. The van der Waals surface area contributed by atoms with Crippen molar-refractivity contribution < 1.29 is 8.42 Å². The standard InChI is InChI=1S/C16H14ClN3O2S3/c1-11-13(17)8-5-9-14(11)25(21,22)20-16-19-18-15(24-16)10-23-12-6-3-2-4-7-12/h2-9H,10H2,1H3,(H,19,20). The van der Waals surface area contributed by atoms with Crippen molar-refractivity contribution in [3.05, 3.63) is 64.1 Å². The van der Waals surface area contributed by atoms with Crippen molar-refractivity contribution in [2.75, 3.05) is 4.72 Å². The summed E-state index contributed by atoms with van der Waals surface area (Å²) < 4.78 is 27.5. The molecule has 130 valence electrons. The maximum absolute atomic E-state index is 12.5. The fourth-order valence-electron chi connectivity index (χ4n) is 2.06. The molecule has 1 aromatic heterocycles. The molecule has 3 rings (SSSR count). The Labute approximate surface area is 159 Å². The number of halogens is 1. The van der Waals surface area contributed by atoms with E-state index < -0.39 is 10.0 Å². The van der Waals surface area contributed by atoms with E-state index in [4.69, 9.17) is 11.6 Å². The molecule has 0 aliphatic carbocycles. The first-order valence-corrected chi connectivity index (χ1v) is 10.9. The summed E-state index contributed by atoms with van der Waals surface area (Å²) in [6, 6.07) is 14.7. The average molecular weight is 412 g/mol. The monoisotopic (exact) mass is 411 g/mol. The number of anilines is 1. The molecular formula is C16H14ClN3O2S3. The third-order valence-corrected chi connectivity index (χ3v) is 7.37. The van der Waals surface area contributed by atoms with Crippen LogP contribution in [0.4, 0.5) is 5.13 Å². The zero-order valence-corrected chi connectivity index (χ0v) is 16.3. The van der Waals surface area contributed by atoms with E-state index in [1.165, 1.54) is 17.4 Å². The van der Waals surface area contributed by atoms with Crippen LogP contribution in [0.1, 0.15) is 10.6 Å². The fourth-order valence-corrected chi connectivity index (χ4v) is 5.44. The molecule has 0 amide bonds. The number of sulfonamides is 1. The van der Waals surface area contributed by atoms with E-state index in [-0.39, 0.29) is 10.0 Å². The Hall–Kier alpha value is -1.61. The molecular weight excluding hydrogens is 398 g/mol. The lowest BCUT2D eigenvalue weighted by atomic mass is 10.2. The van der Waals surface area contributed by atoms with Crippen LogP contribution in [0.5, 0.6) is 0 Å². The lowest BCUT2D eigenvalue weighted by Crippen LogP contribution is -2.14. The van der Waals surface area contributed by atoms with E-state index in [9.17, 15) is 8.42 Å². The maximum atomic E-state index is 12.5. The Morgan fingerprint density at radius 1 is 1.12 bits per heavy atom. The van der Waals surface area contributed by atoms with E-state index in [0.29, 0.717) is 16.3 Å². The van der Waals surface area contributed by atoms with E-state index >= 15 is 0 Å². The normalized spacial score (nSPS) is 11.4. The van der Waals surface area contributed by atoms with Gasteiger partial charge < -0.3 is 0 Å². The van der Waals surface area contributed by atoms with Gasteiger partial charge in [0, 0.05) is 9.92 Å². The number of hydrogen-bond acceptors (Lipinski definition) is 6. The van der Waals surface area contributed by atoms with Crippen molar-refractivity contribution in [2.45, 2.75) is 22.5 Å². The SMILES string of the molecule is Cc1c(Cl)cccc1S(=O)(=O)Nc1nnc(CSc2ccccc2)s1. The Kier molecular flexibility index (Phi) is 5.63. The molecule has 0 bridgehead atoms. The first-order valence-electron chi connectivity index (χ1n) is 7.24. The van der Waals surface area contributed by atoms with Gasteiger partial charge in [-0.3, -0.25) is 4.72 Å². The lowest BCUT2D eigenvalue weighted by Gasteiger charge is -2.08. The summed E-state index contributed by atoms with van der Waals surface area (Å²) in [6.07, 6.45) is 0. The molecule has 0 unspecified atom stereocenters. The fraction of sp³-hybridized carbons (Fsp3) is 0.125. The van der Waals surface area contributed by atoms with Crippen molar-refractivity contribution in [1.29, 1.82) is 0 Å². The first kappa shape index (κ1) is 18.2. The Morgan fingerprint density at radius 2 is 1.88 bits per heavy atom. The van der Waals surface area contributed by atoms with E-state index in [1.54, 1.807) is 30.8 Å². The van der Waals surface area contributed by atoms with Gasteiger partial charge in [-0.25, -0.2) is 8.42 Å². The molecule has 1 N–H and O–H groups in total. The number of nitrogens with zero attached hydrogens (tertiary/aromatic N) is 2. The molecule has 3 aromatic rings. The summed E-state index contributed by atoms with van der Waals surface area (Å²) in [7, 11) is -3.75. The molecule has 9 heteroatoms. The predicted molar refractivity (Wildman–Crippen MR) is 103 cm³/mol. The van der Waals surface area contributed by atoms with E-state index in [2.05, 4.69) is 14.9 Å². The molecule has 0 saturated carbocycles. The van der Waals surface area contributed by atoms with Gasteiger partial charge in [-0.05, 0) is 36.8 Å². The predicted octanol–water partition coefficient (Wildman–Crippen LogP) is 4.59. The van der Waals surface area contributed by atoms with E-state index in [1.807, 2.05) is 30.3 Å². The number of benzene rings is 2. The molecule has 0 radical (unpaired) electrons. The third kappa shape index (κ3) is 4.52. The Bertz CT molecular complexity index is 975. The van der Waals surface area contributed by atoms with Crippen LogP contribution in [0, 0.1) is 6.92 Å². The van der Waals surface area contributed by atoms with Crippen molar-refractivity contribution in [1.82, 2.24) is 10.2 Å². The van der Waals surface area contributed by atoms with Crippen LogP contribution in [0.25, 0.3) is 0 Å². The second-order valence-corrected chi connectivity index (χ2v) is 9.24. The molecule has 0 atom stereocenters. The highest BCUT2D eigenvalue weighted by Crippen LogP contribution is 2.28. The Balaban J connectivity index is 1.71. The summed E-state index contributed by atoms with van der Waals surface area (Å²) in [5.74, 6) is 0.625. The average Bonchev–Trinajstić information content (AvgIpc) is 3.03. The highest BCUT2D eigenvalue weighted by atomic mass is 35.5. The van der Waals surface area contributed by atoms with Crippen LogP contribution in [-0.4, -0.2) is 18.6 Å². The number of aromatic nitrogens is 2. The van der Waals surface area contributed by atoms with Crippen molar-refractivity contribution >= 4 is 49.9 Å². The van der Waals surface area contributed by atoms with Gasteiger partial charge in [0.1, 0.15) is 5.01 Å². The van der Waals surface area contributed by atoms with Gasteiger partial charge in [0.15, 0.2) is 0 Å². The van der Waals surface area contributed by atoms with Crippen molar-refractivity contribution in [3.8, 4) is 0 Å². The topological polar surface area (TPSA) is 72.0 Å². The number of hydrogen-bond donors (Lipinski definition) is 1. The summed E-state index contributed by atoms with van der Waals surface area (Å²) in [5.41, 5.74) is 0.501. The summed E-state index contributed by atoms with van der Waals surface area (Å²) >= 11 is 8.84. The van der Waals surface area contributed by atoms with Crippen LogP contribution in [-0.2, 0) is 15.8 Å². The molecule has 25 heavy (non-hydrogen) atoms. The highest BCUT2D eigenvalue weighted by Gasteiger charge is 2.20. The summed E-state index contributed by atoms with van der Waals surface area (Å²) in [5, 5.41) is 9.35. The smallest absolute Gasteiger partial charge is 0.253 e. The number of nitrogens with one attached hydrogen (secondary N) is 1. The van der Waals surface area contributed by atoms with Crippen LogP contribution >= 0.6 is 34.7 Å². The second kappa shape index (κ2) is 7.74. The van der Waals surface area contributed by atoms with Crippen LogP contribution in [0.3, 0.4) is 0 Å². The highest BCUT2D eigenvalue weighted by molar-refractivity contribution is 7.98.